The molecule has 0 atom stereocenters. The Labute approximate surface area is 118 Å². The van der Waals surface area contributed by atoms with Crippen molar-refractivity contribution < 1.29 is 4.74 Å². The number of aromatic nitrogens is 1. The van der Waals surface area contributed by atoms with E-state index in [0.29, 0.717) is 0 Å². The van der Waals surface area contributed by atoms with E-state index in [1.165, 1.54) is 22.0 Å². The number of ether oxygens (including phenoxy) is 1. The second-order valence-electron chi connectivity index (χ2n) is 4.74. The van der Waals surface area contributed by atoms with Gasteiger partial charge in [0.05, 0.1) is 7.11 Å². The van der Waals surface area contributed by atoms with Crippen LogP contribution in [0.5, 0.6) is 5.75 Å². The number of aromatic amines is 1. The molecule has 2 heteroatoms. The predicted molar refractivity (Wildman–Crippen MR) is 84.0 cm³/mol. The maximum atomic E-state index is 5.15. The van der Waals surface area contributed by atoms with Crippen LogP contribution in [0.2, 0.25) is 0 Å². The molecule has 0 saturated carbocycles. The molecule has 2 aromatic carbocycles. The van der Waals surface area contributed by atoms with Gasteiger partial charge in [-0.1, -0.05) is 36.4 Å². The Kier molecular flexibility index (Phi) is 3.55. The second kappa shape index (κ2) is 5.66. The Balaban J connectivity index is 1.75. The third-order valence-electron chi connectivity index (χ3n) is 3.45. The number of methoxy groups -OCH3 is 1. The van der Waals surface area contributed by atoms with Gasteiger partial charge in [-0.3, -0.25) is 0 Å². The number of allylic oxidation sites excluding steroid dienone is 1. The normalized spacial score (nSPS) is 11.2. The van der Waals surface area contributed by atoms with Gasteiger partial charge in [0.2, 0.25) is 0 Å². The molecule has 0 radical (unpaired) electrons. The Hall–Kier alpha value is -2.48. The largest absolute Gasteiger partial charge is 0.497 e. The van der Waals surface area contributed by atoms with Crippen molar-refractivity contribution in [3.63, 3.8) is 0 Å². The highest BCUT2D eigenvalue weighted by Gasteiger charge is 1.99. The van der Waals surface area contributed by atoms with E-state index in [4.69, 9.17) is 4.74 Å². The molecule has 20 heavy (non-hydrogen) atoms. The summed E-state index contributed by atoms with van der Waals surface area (Å²) in [6, 6.07) is 16.6. The Bertz CT molecular complexity index is 723. The molecule has 0 fully saturated rings. The molecule has 3 aromatic rings. The maximum absolute atomic E-state index is 5.15. The molecule has 0 amide bonds. The van der Waals surface area contributed by atoms with E-state index in [-0.39, 0.29) is 0 Å². The van der Waals surface area contributed by atoms with Crippen LogP contribution in [0.15, 0.2) is 60.8 Å². The Morgan fingerprint density at radius 3 is 2.70 bits per heavy atom. The molecule has 100 valence electrons. The molecule has 0 bridgehead atoms. The first-order chi connectivity index (χ1) is 9.86. The number of H-pyrrole nitrogens is 1. The molecule has 0 aliphatic carbocycles. The summed E-state index contributed by atoms with van der Waals surface area (Å²) in [6.07, 6.45) is 7.26. The maximum Gasteiger partial charge on any atom is 0.118 e. The van der Waals surface area contributed by atoms with Crippen molar-refractivity contribution in [2.45, 2.75) is 6.42 Å². The van der Waals surface area contributed by atoms with Crippen LogP contribution in [0.3, 0.4) is 0 Å². The smallest absolute Gasteiger partial charge is 0.118 e. The topological polar surface area (TPSA) is 25.0 Å². The van der Waals surface area contributed by atoms with Crippen LogP contribution in [-0.4, -0.2) is 12.1 Å². The van der Waals surface area contributed by atoms with Crippen LogP contribution in [-0.2, 0) is 6.42 Å². The van der Waals surface area contributed by atoms with Crippen LogP contribution in [0.25, 0.3) is 17.0 Å². The van der Waals surface area contributed by atoms with Gasteiger partial charge in [0, 0.05) is 17.1 Å². The van der Waals surface area contributed by atoms with Crippen LogP contribution in [0.1, 0.15) is 11.1 Å². The van der Waals surface area contributed by atoms with Gasteiger partial charge >= 0.3 is 0 Å². The van der Waals surface area contributed by atoms with E-state index in [9.17, 15) is 0 Å². The van der Waals surface area contributed by atoms with Crippen LogP contribution >= 0.6 is 0 Å². The first kappa shape index (κ1) is 12.5. The molecule has 1 aromatic heterocycles. The lowest BCUT2D eigenvalue weighted by Crippen LogP contribution is -1.83. The van der Waals surface area contributed by atoms with E-state index in [2.05, 4.69) is 53.5 Å². The molecule has 1 N–H and O–H groups in total. The summed E-state index contributed by atoms with van der Waals surface area (Å²) in [4.78, 5) is 3.24. The predicted octanol–water partition coefficient (Wildman–Crippen LogP) is 4.43. The molecule has 0 aliphatic rings. The summed E-state index contributed by atoms with van der Waals surface area (Å²) in [5, 5.41) is 1.30. The third kappa shape index (κ3) is 2.59. The third-order valence-corrected chi connectivity index (χ3v) is 3.45. The zero-order valence-electron chi connectivity index (χ0n) is 11.5. The average molecular weight is 263 g/mol. The van der Waals surface area contributed by atoms with Gasteiger partial charge in [0.25, 0.3) is 0 Å². The van der Waals surface area contributed by atoms with Crippen molar-refractivity contribution in [2.24, 2.45) is 0 Å². The molecule has 2 nitrogen and oxygen atoms in total. The summed E-state index contributed by atoms with van der Waals surface area (Å²) < 4.78 is 5.15. The number of hydrogen-bond acceptors (Lipinski definition) is 1. The molecule has 0 aliphatic heterocycles. The Morgan fingerprint density at radius 1 is 1.05 bits per heavy atom. The van der Waals surface area contributed by atoms with E-state index in [1.807, 2.05) is 18.3 Å². The SMILES string of the molecule is COc1ccc(/C=C/Cc2cccc3[nH]ccc23)cc1. The van der Waals surface area contributed by atoms with Gasteiger partial charge in [-0.2, -0.15) is 0 Å². The molecule has 0 spiro atoms. The van der Waals surface area contributed by atoms with Crippen molar-refractivity contribution >= 4 is 17.0 Å². The number of fused-ring (bicyclic) bond motifs is 1. The number of benzene rings is 2. The first-order valence-electron chi connectivity index (χ1n) is 6.72. The van der Waals surface area contributed by atoms with Gasteiger partial charge in [0.15, 0.2) is 0 Å². The quantitative estimate of drug-likeness (QED) is 0.740. The fourth-order valence-electron chi connectivity index (χ4n) is 2.37. The van der Waals surface area contributed by atoms with E-state index in [0.717, 1.165) is 12.2 Å². The molecular formula is C18H17NO. The van der Waals surface area contributed by atoms with Gasteiger partial charge in [-0.15, -0.1) is 0 Å². The van der Waals surface area contributed by atoms with Gasteiger partial charge in [0.1, 0.15) is 5.75 Å². The monoisotopic (exact) mass is 263 g/mol. The minimum absolute atomic E-state index is 0.888. The van der Waals surface area contributed by atoms with E-state index < -0.39 is 0 Å². The van der Waals surface area contributed by atoms with E-state index >= 15 is 0 Å². The standard InChI is InChI=1S/C18H17NO/c1-20-16-10-8-14(9-11-16)4-2-5-15-6-3-7-18-17(15)12-13-19-18/h2-4,6-13,19H,5H2,1H3/b4-2+. The van der Waals surface area contributed by atoms with Crippen molar-refractivity contribution in [3.05, 3.63) is 71.9 Å². The molecular weight excluding hydrogens is 246 g/mol. The molecule has 3 rings (SSSR count). The zero-order chi connectivity index (χ0) is 13.8. The van der Waals surface area contributed by atoms with Crippen molar-refractivity contribution in [1.29, 1.82) is 0 Å². The summed E-state index contributed by atoms with van der Waals surface area (Å²) >= 11 is 0. The van der Waals surface area contributed by atoms with Gasteiger partial charge in [-0.05, 0) is 41.8 Å². The van der Waals surface area contributed by atoms with Crippen LogP contribution in [0, 0.1) is 0 Å². The fourth-order valence-corrected chi connectivity index (χ4v) is 2.37. The van der Waals surface area contributed by atoms with Crippen LogP contribution < -0.4 is 4.74 Å². The summed E-state index contributed by atoms with van der Waals surface area (Å²) in [6.45, 7) is 0. The number of nitrogens with one attached hydrogen (secondary N) is 1. The minimum Gasteiger partial charge on any atom is -0.497 e. The molecule has 1 heterocycles. The van der Waals surface area contributed by atoms with Gasteiger partial charge < -0.3 is 9.72 Å². The summed E-state index contributed by atoms with van der Waals surface area (Å²) in [5.74, 6) is 0.888. The highest BCUT2D eigenvalue weighted by Crippen LogP contribution is 2.19. The number of rotatable bonds is 4. The van der Waals surface area contributed by atoms with Crippen LogP contribution in [0.4, 0.5) is 0 Å². The lowest BCUT2D eigenvalue weighted by atomic mass is 10.1. The summed E-state index contributed by atoms with van der Waals surface area (Å²) in [5.41, 5.74) is 3.72. The van der Waals surface area contributed by atoms with Crippen molar-refractivity contribution in [2.75, 3.05) is 7.11 Å². The highest BCUT2D eigenvalue weighted by atomic mass is 16.5. The Morgan fingerprint density at radius 2 is 1.90 bits per heavy atom. The minimum atomic E-state index is 0.888. The van der Waals surface area contributed by atoms with Crippen molar-refractivity contribution in [1.82, 2.24) is 4.98 Å². The molecule has 0 saturated heterocycles. The molecule has 0 unspecified atom stereocenters. The lowest BCUT2D eigenvalue weighted by Gasteiger charge is -2.00. The second-order valence-corrected chi connectivity index (χ2v) is 4.74. The van der Waals surface area contributed by atoms with Crippen molar-refractivity contribution in [3.8, 4) is 5.75 Å². The summed E-state index contributed by atoms with van der Waals surface area (Å²) in [7, 11) is 1.68. The van der Waals surface area contributed by atoms with Gasteiger partial charge in [-0.25, -0.2) is 0 Å². The zero-order valence-corrected chi connectivity index (χ0v) is 11.5. The lowest BCUT2D eigenvalue weighted by molar-refractivity contribution is 0.415. The first-order valence-corrected chi connectivity index (χ1v) is 6.72. The van der Waals surface area contributed by atoms with E-state index in [1.54, 1.807) is 7.11 Å². The fraction of sp³-hybridized carbons (Fsp3) is 0.111. The number of hydrogen-bond donors (Lipinski definition) is 1. The average Bonchev–Trinajstić information content (AvgIpc) is 2.97. The highest BCUT2D eigenvalue weighted by molar-refractivity contribution is 5.83.